The molecular formula is C12H15NO4. The number of carbonyl (C=O) groups is 2. The van der Waals surface area contributed by atoms with Gasteiger partial charge in [0, 0.05) is 18.4 Å². The normalized spacial score (nSPS) is 10.1. The van der Waals surface area contributed by atoms with Gasteiger partial charge in [-0.15, -0.1) is 0 Å². The van der Waals surface area contributed by atoms with Crippen LogP contribution in [0.4, 0.5) is 5.69 Å². The number of unbranched alkanes of at least 4 members (excludes halogenated alkanes) is 1. The number of phenols is 1. The number of aliphatic carboxylic acids is 1. The van der Waals surface area contributed by atoms with Crippen molar-refractivity contribution in [3.8, 4) is 5.75 Å². The number of nitrogens with two attached hydrogens (primary N) is 1. The van der Waals surface area contributed by atoms with Crippen molar-refractivity contribution in [2.24, 2.45) is 0 Å². The number of benzene rings is 1. The summed E-state index contributed by atoms with van der Waals surface area (Å²) in [6.45, 7) is 0. The van der Waals surface area contributed by atoms with Crippen molar-refractivity contribution in [1.29, 1.82) is 0 Å². The zero-order valence-electron chi connectivity index (χ0n) is 9.35. The van der Waals surface area contributed by atoms with E-state index in [-0.39, 0.29) is 30.1 Å². The van der Waals surface area contributed by atoms with Crippen molar-refractivity contribution in [1.82, 2.24) is 0 Å². The van der Waals surface area contributed by atoms with Gasteiger partial charge in [0.2, 0.25) is 0 Å². The maximum absolute atomic E-state index is 11.7. The number of hydrogen-bond donors (Lipinski definition) is 3. The summed E-state index contributed by atoms with van der Waals surface area (Å²) < 4.78 is 0. The molecule has 0 amide bonds. The number of phenolic OH excluding ortho intramolecular Hbond substituents is 1. The van der Waals surface area contributed by atoms with Crippen molar-refractivity contribution in [2.45, 2.75) is 25.7 Å². The summed E-state index contributed by atoms with van der Waals surface area (Å²) in [5.41, 5.74) is 6.08. The Morgan fingerprint density at radius 1 is 1.18 bits per heavy atom. The molecule has 1 rings (SSSR count). The molecule has 1 aromatic rings. The summed E-state index contributed by atoms with van der Waals surface area (Å²) in [5.74, 6) is -0.999. The minimum atomic E-state index is -0.855. The van der Waals surface area contributed by atoms with Crippen LogP contribution in [0.2, 0.25) is 0 Å². The summed E-state index contributed by atoms with van der Waals surface area (Å²) in [7, 11) is 0. The highest BCUT2D eigenvalue weighted by Gasteiger charge is 2.08. The molecule has 0 radical (unpaired) electrons. The van der Waals surface area contributed by atoms with Gasteiger partial charge < -0.3 is 15.9 Å². The van der Waals surface area contributed by atoms with E-state index >= 15 is 0 Å². The molecular weight excluding hydrogens is 222 g/mol. The fourth-order valence-electron chi connectivity index (χ4n) is 1.43. The SMILES string of the molecule is Nc1cc(C(=O)CCCCC(=O)O)ccc1O. The van der Waals surface area contributed by atoms with E-state index in [0.29, 0.717) is 18.4 Å². The maximum Gasteiger partial charge on any atom is 0.303 e. The Morgan fingerprint density at radius 2 is 1.82 bits per heavy atom. The molecule has 0 fully saturated rings. The van der Waals surface area contributed by atoms with Crippen molar-refractivity contribution in [3.63, 3.8) is 0 Å². The van der Waals surface area contributed by atoms with Crippen molar-refractivity contribution in [2.75, 3.05) is 5.73 Å². The van der Waals surface area contributed by atoms with Crippen LogP contribution in [0.15, 0.2) is 18.2 Å². The van der Waals surface area contributed by atoms with E-state index in [4.69, 9.17) is 10.8 Å². The van der Waals surface area contributed by atoms with Crippen LogP contribution in [0.3, 0.4) is 0 Å². The zero-order chi connectivity index (χ0) is 12.8. The molecule has 0 unspecified atom stereocenters. The lowest BCUT2D eigenvalue weighted by molar-refractivity contribution is -0.137. The second-order valence-corrected chi connectivity index (χ2v) is 3.80. The van der Waals surface area contributed by atoms with Crippen LogP contribution < -0.4 is 5.73 Å². The summed E-state index contributed by atoms with van der Waals surface area (Å²) in [5, 5.41) is 17.6. The average Bonchev–Trinajstić information content (AvgIpc) is 2.27. The Kier molecular flexibility index (Phi) is 4.51. The molecule has 0 heterocycles. The highest BCUT2D eigenvalue weighted by atomic mass is 16.4. The van der Waals surface area contributed by atoms with Crippen LogP contribution in [-0.2, 0) is 4.79 Å². The molecule has 0 bridgehead atoms. The molecule has 5 nitrogen and oxygen atoms in total. The van der Waals surface area contributed by atoms with E-state index in [1.54, 1.807) is 0 Å². The molecule has 0 spiro atoms. The Bertz CT molecular complexity index is 429. The van der Waals surface area contributed by atoms with Crippen molar-refractivity contribution < 1.29 is 19.8 Å². The lowest BCUT2D eigenvalue weighted by atomic mass is 10.0. The Hall–Kier alpha value is -2.04. The molecule has 0 aromatic heterocycles. The molecule has 0 atom stereocenters. The lowest BCUT2D eigenvalue weighted by Crippen LogP contribution is -2.01. The third-order valence-electron chi connectivity index (χ3n) is 2.39. The topological polar surface area (TPSA) is 101 Å². The van der Waals surface area contributed by atoms with Crippen molar-refractivity contribution in [3.05, 3.63) is 23.8 Å². The average molecular weight is 237 g/mol. The molecule has 0 saturated carbocycles. The van der Waals surface area contributed by atoms with E-state index in [1.165, 1.54) is 18.2 Å². The number of hydrogen-bond acceptors (Lipinski definition) is 4. The van der Waals surface area contributed by atoms with Crippen molar-refractivity contribution >= 4 is 17.4 Å². The molecule has 92 valence electrons. The van der Waals surface area contributed by atoms with Gasteiger partial charge >= 0.3 is 5.97 Å². The maximum atomic E-state index is 11.7. The van der Waals surface area contributed by atoms with Crippen LogP contribution in [-0.4, -0.2) is 22.0 Å². The Balaban J connectivity index is 2.47. The van der Waals surface area contributed by atoms with E-state index in [0.717, 1.165) is 0 Å². The fourth-order valence-corrected chi connectivity index (χ4v) is 1.43. The van der Waals surface area contributed by atoms with Crippen LogP contribution in [0, 0.1) is 0 Å². The summed E-state index contributed by atoms with van der Waals surface area (Å²) in [6.07, 6.45) is 1.38. The predicted molar refractivity (Wildman–Crippen MR) is 63.0 cm³/mol. The zero-order valence-corrected chi connectivity index (χ0v) is 9.35. The van der Waals surface area contributed by atoms with Gasteiger partial charge in [-0.2, -0.15) is 0 Å². The third-order valence-corrected chi connectivity index (χ3v) is 2.39. The third kappa shape index (κ3) is 4.14. The van der Waals surface area contributed by atoms with Crippen LogP contribution in [0.5, 0.6) is 5.75 Å². The monoisotopic (exact) mass is 237 g/mol. The quantitative estimate of drug-likeness (QED) is 0.303. The second kappa shape index (κ2) is 5.89. The number of Topliss-reactive ketones (excluding diaryl/α,β-unsaturated/α-hetero) is 1. The molecule has 17 heavy (non-hydrogen) atoms. The second-order valence-electron chi connectivity index (χ2n) is 3.80. The number of nitrogen functional groups attached to an aromatic ring is 1. The number of carbonyl (C=O) groups excluding carboxylic acids is 1. The van der Waals surface area contributed by atoms with Gasteiger partial charge in [-0.3, -0.25) is 9.59 Å². The molecule has 0 saturated heterocycles. The first-order chi connectivity index (χ1) is 8.00. The molecule has 5 heteroatoms. The highest BCUT2D eigenvalue weighted by Crippen LogP contribution is 2.21. The number of anilines is 1. The molecule has 0 aliphatic rings. The van der Waals surface area contributed by atoms with E-state index in [2.05, 4.69) is 0 Å². The van der Waals surface area contributed by atoms with Crippen LogP contribution in [0.1, 0.15) is 36.0 Å². The standard InChI is InChI=1S/C12H15NO4/c13-9-7-8(5-6-11(9)15)10(14)3-1-2-4-12(16)17/h5-7,15H,1-4,13H2,(H,16,17). The smallest absolute Gasteiger partial charge is 0.303 e. The molecule has 0 aliphatic heterocycles. The first-order valence-corrected chi connectivity index (χ1v) is 5.34. The minimum absolute atomic E-state index is 0.0487. The van der Waals surface area contributed by atoms with Crippen LogP contribution in [0.25, 0.3) is 0 Å². The fraction of sp³-hybridized carbons (Fsp3) is 0.333. The number of ketones is 1. The summed E-state index contributed by atoms with van der Waals surface area (Å²) >= 11 is 0. The predicted octanol–water partition coefficient (Wildman–Crippen LogP) is 1.80. The van der Waals surface area contributed by atoms with Crippen LogP contribution >= 0.6 is 0 Å². The number of aromatic hydroxyl groups is 1. The van der Waals surface area contributed by atoms with Gasteiger partial charge in [0.1, 0.15) is 5.75 Å². The molecule has 0 aliphatic carbocycles. The van der Waals surface area contributed by atoms with Gasteiger partial charge in [-0.1, -0.05) is 0 Å². The minimum Gasteiger partial charge on any atom is -0.506 e. The molecule has 4 N–H and O–H groups in total. The van der Waals surface area contributed by atoms with Gasteiger partial charge in [-0.05, 0) is 31.0 Å². The summed E-state index contributed by atoms with van der Waals surface area (Å²) in [6, 6.07) is 4.31. The first-order valence-electron chi connectivity index (χ1n) is 5.34. The highest BCUT2D eigenvalue weighted by molar-refractivity contribution is 5.97. The Labute approximate surface area is 98.9 Å². The van der Waals surface area contributed by atoms with E-state index in [1.807, 2.05) is 0 Å². The lowest BCUT2D eigenvalue weighted by Gasteiger charge is -2.03. The first kappa shape index (κ1) is 13.0. The van der Waals surface area contributed by atoms with E-state index < -0.39 is 5.97 Å². The largest absolute Gasteiger partial charge is 0.506 e. The van der Waals surface area contributed by atoms with E-state index in [9.17, 15) is 14.7 Å². The number of rotatable bonds is 6. The number of carboxylic acids is 1. The Morgan fingerprint density at radius 3 is 2.41 bits per heavy atom. The van der Waals surface area contributed by atoms with Gasteiger partial charge in [0.25, 0.3) is 0 Å². The van der Waals surface area contributed by atoms with Gasteiger partial charge in [0.15, 0.2) is 5.78 Å². The number of carboxylic acid groups (broad SMARTS) is 1. The molecule has 1 aromatic carbocycles. The van der Waals surface area contributed by atoms with Gasteiger partial charge in [0.05, 0.1) is 5.69 Å². The van der Waals surface area contributed by atoms with Gasteiger partial charge in [-0.25, -0.2) is 0 Å². The summed E-state index contributed by atoms with van der Waals surface area (Å²) in [4.78, 5) is 21.9.